The lowest BCUT2D eigenvalue weighted by molar-refractivity contribution is 0.203. The fraction of sp³-hybridized carbons (Fsp3) is 0.889. The van der Waals surface area contributed by atoms with Crippen LogP contribution in [0.4, 0.5) is 0 Å². The molecule has 0 aliphatic rings. The van der Waals surface area contributed by atoms with Crippen molar-refractivity contribution < 1.29 is 18.8 Å². The molecule has 0 aromatic carbocycles. The van der Waals surface area contributed by atoms with Crippen molar-refractivity contribution in [3.8, 4) is 0 Å². The molecule has 0 amide bonds. The summed E-state index contributed by atoms with van der Waals surface area (Å²) < 4.78 is 15.8. The second kappa shape index (κ2) is 6.99. The summed E-state index contributed by atoms with van der Waals surface area (Å²) >= 11 is 0. The lowest BCUT2D eigenvalue weighted by Gasteiger charge is -2.23. The standard InChI is InChI=1S/C9H20NO4P/c1-6-12-15(13-7-2)14-8(10-11)9(3,4)5/h11H,6-7H2,1-5H3. The molecule has 6 heteroatoms. The van der Waals surface area contributed by atoms with Crippen molar-refractivity contribution >= 4 is 14.5 Å². The predicted octanol–water partition coefficient (Wildman–Crippen LogP) is 3.14. The van der Waals surface area contributed by atoms with Gasteiger partial charge in [-0.25, -0.2) is 0 Å². The molecule has 0 aromatic rings. The van der Waals surface area contributed by atoms with Gasteiger partial charge < -0.3 is 18.8 Å². The van der Waals surface area contributed by atoms with E-state index in [0.29, 0.717) is 13.2 Å². The molecule has 0 spiro atoms. The Labute approximate surface area is 92.4 Å². The molecular formula is C9H20NO4P. The molecule has 1 N–H and O–H groups in total. The monoisotopic (exact) mass is 237 g/mol. The molecule has 15 heavy (non-hydrogen) atoms. The molecule has 5 nitrogen and oxygen atoms in total. The SMILES string of the molecule is CCOP(OCC)OC(=NO)C(C)(C)C. The Balaban J connectivity index is 4.36. The van der Waals surface area contributed by atoms with Gasteiger partial charge in [0.05, 0.1) is 13.2 Å². The summed E-state index contributed by atoms with van der Waals surface area (Å²) in [6.07, 6.45) is 0. The van der Waals surface area contributed by atoms with Gasteiger partial charge in [-0.05, 0) is 13.8 Å². The van der Waals surface area contributed by atoms with Crippen LogP contribution >= 0.6 is 8.60 Å². The first-order valence-electron chi connectivity index (χ1n) is 4.92. The van der Waals surface area contributed by atoms with Crippen LogP contribution in [0.1, 0.15) is 34.6 Å². The van der Waals surface area contributed by atoms with E-state index in [2.05, 4.69) is 5.16 Å². The first-order valence-corrected chi connectivity index (χ1v) is 6.01. The topological polar surface area (TPSA) is 60.3 Å². The minimum absolute atomic E-state index is 0.218. The fourth-order valence-corrected chi connectivity index (χ4v) is 1.73. The number of oxime groups is 1. The van der Waals surface area contributed by atoms with Crippen molar-refractivity contribution in [1.29, 1.82) is 0 Å². The van der Waals surface area contributed by atoms with Crippen LogP contribution in [0, 0.1) is 5.41 Å². The highest BCUT2D eigenvalue weighted by Crippen LogP contribution is 2.41. The van der Waals surface area contributed by atoms with Crippen LogP contribution in [0.25, 0.3) is 0 Å². The van der Waals surface area contributed by atoms with Crippen LogP contribution in [-0.4, -0.2) is 24.3 Å². The van der Waals surface area contributed by atoms with Gasteiger partial charge in [-0.3, -0.25) is 0 Å². The Bertz CT molecular complexity index is 197. The van der Waals surface area contributed by atoms with Gasteiger partial charge in [0, 0.05) is 5.41 Å². The summed E-state index contributed by atoms with van der Waals surface area (Å²) in [7, 11) is -1.46. The Kier molecular flexibility index (Phi) is 6.81. The average molecular weight is 237 g/mol. The lowest BCUT2D eigenvalue weighted by Crippen LogP contribution is -2.22. The van der Waals surface area contributed by atoms with E-state index >= 15 is 0 Å². The molecule has 0 saturated carbocycles. The summed E-state index contributed by atoms with van der Waals surface area (Å²) in [4.78, 5) is 0. The van der Waals surface area contributed by atoms with Gasteiger partial charge in [0.25, 0.3) is 0 Å². The van der Waals surface area contributed by atoms with Gasteiger partial charge >= 0.3 is 8.60 Å². The van der Waals surface area contributed by atoms with Crippen molar-refractivity contribution in [1.82, 2.24) is 0 Å². The quantitative estimate of drug-likeness (QED) is 0.262. The second-order valence-corrected chi connectivity index (χ2v) is 4.95. The molecule has 0 aromatic heterocycles. The first-order chi connectivity index (χ1) is 6.95. The Hall–Kier alpha value is -0.380. The molecule has 0 aliphatic heterocycles. The Morgan fingerprint density at radius 2 is 1.67 bits per heavy atom. The van der Waals surface area contributed by atoms with Crippen molar-refractivity contribution in [2.45, 2.75) is 34.6 Å². The average Bonchev–Trinajstić information content (AvgIpc) is 2.12. The van der Waals surface area contributed by atoms with Crippen molar-refractivity contribution in [2.24, 2.45) is 10.6 Å². The van der Waals surface area contributed by atoms with E-state index in [1.807, 2.05) is 34.6 Å². The molecule has 0 unspecified atom stereocenters. The van der Waals surface area contributed by atoms with E-state index in [1.54, 1.807) is 0 Å². The molecule has 0 rings (SSSR count). The number of nitrogens with zero attached hydrogens (tertiary/aromatic N) is 1. The maximum atomic E-state index is 8.81. The molecular weight excluding hydrogens is 217 g/mol. The second-order valence-electron chi connectivity index (χ2n) is 3.81. The normalized spacial score (nSPS) is 13.3. The summed E-state index contributed by atoms with van der Waals surface area (Å²) in [6.45, 7) is 10.3. The number of rotatable bonds is 5. The maximum Gasteiger partial charge on any atom is 0.398 e. The molecule has 0 fully saturated rings. The lowest BCUT2D eigenvalue weighted by atomic mass is 9.97. The number of hydrogen-bond acceptors (Lipinski definition) is 5. The van der Waals surface area contributed by atoms with E-state index in [1.165, 1.54) is 0 Å². The Morgan fingerprint density at radius 1 is 1.20 bits per heavy atom. The third kappa shape index (κ3) is 5.92. The van der Waals surface area contributed by atoms with Gasteiger partial charge in [-0.15, -0.1) is 0 Å². The van der Waals surface area contributed by atoms with E-state index in [9.17, 15) is 0 Å². The van der Waals surface area contributed by atoms with Crippen LogP contribution < -0.4 is 0 Å². The minimum Gasteiger partial charge on any atom is -0.409 e. The zero-order valence-electron chi connectivity index (χ0n) is 9.98. The van der Waals surface area contributed by atoms with Gasteiger partial charge in [0.2, 0.25) is 5.90 Å². The van der Waals surface area contributed by atoms with Gasteiger partial charge in [-0.2, -0.15) is 0 Å². The van der Waals surface area contributed by atoms with Crippen molar-refractivity contribution in [3.05, 3.63) is 0 Å². The highest BCUT2D eigenvalue weighted by atomic mass is 31.2. The molecule has 0 atom stereocenters. The minimum atomic E-state index is -1.46. The van der Waals surface area contributed by atoms with Gasteiger partial charge in [-0.1, -0.05) is 25.9 Å². The smallest absolute Gasteiger partial charge is 0.398 e. The van der Waals surface area contributed by atoms with E-state index in [0.717, 1.165) is 0 Å². The highest BCUT2D eigenvalue weighted by Gasteiger charge is 2.26. The fourth-order valence-electron chi connectivity index (χ4n) is 0.677. The van der Waals surface area contributed by atoms with E-state index < -0.39 is 8.60 Å². The molecule has 0 heterocycles. The molecule has 0 bridgehead atoms. The molecule has 90 valence electrons. The molecule has 0 radical (unpaired) electrons. The maximum absolute atomic E-state index is 8.81. The van der Waals surface area contributed by atoms with Gasteiger partial charge in [0.15, 0.2) is 0 Å². The highest BCUT2D eigenvalue weighted by molar-refractivity contribution is 7.42. The van der Waals surface area contributed by atoms with Crippen molar-refractivity contribution in [3.63, 3.8) is 0 Å². The summed E-state index contributed by atoms with van der Waals surface area (Å²) in [6, 6.07) is 0. The van der Waals surface area contributed by atoms with Crippen LogP contribution in [0.15, 0.2) is 5.16 Å². The Morgan fingerprint density at radius 3 is 1.93 bits per heavy atom. The van der Waals surface area contributed by atoms with Crippen LogP contribution in [0.3, 0.4) is 0 Å². The van der Waals surface area contributed by atoms with Crippen LogP contribution in [0.2, 0.25) is 0 Å². The zero-order chi connectivity index (χ0) is 11.9. The molecule has 0 aliphatic carbocycles. The third-order valence-corrected chi connectivity index (χ3v) is 2.62. The number of hydrogen-bond donors (Lipinski definition) is 1. The van der Waals surface area contributed by atoms with E-state index in [4.69, 9.17) is 18.8 Å². The predicted molar refractivity (Wildman–Crippen MR) is 59.9 cm³/mol. The van der Waals surface area contributed by atoms with E-state index in [-0.39, 0.29) is 11.3 Å². The summed E-state index contributed by atoms with van der Waals surface area (Å²) in [5.41, 5.74) is -0.371. The van der Waals surface area contributed by atoms with Gasteiger partial charge in [0.1, 0.15) is 0 Å². The summed E-state index contributed by atoms with van der Waals surface area (Å²) in [5, 5.41) is 11.9. The third-order valence-electron chi connectivity index (χ3n) is 1.36. The van der Waals surface area contributed by atoms with Crippen LogP contribution in [0.5, 0.6) is 0 Å². The summed E-state index contributed by atoms with van der Waals surface area (Å²) in [5.74, 6) is 0.218. The first kappa shape index (κ1) is 14.6. The zero-order valence-corrected chi connectivity index (χ0v) is 10.9. The molecule has 0 saturated heterocycles. The van der Waals surface area contributed by atoms with Crippen molar-refractivity contribution in [2.75, 3.05) is 13.2 Å². The van der Waals surface area contributed by atoms with Crippen LogP contribution in [-0.2, 0) is 13.6 Å². The largest absolute Gasteiger partial charge is 0.409 e.